The first-order valence-electron chi connectivity index (χ1n) is 2.05. The molecule has 0 radical (unpaired) electrons. The van der Waals surface area contributed by atoms with Crippen molar-refractivity contribution in [1.29, 1.82) is 0 Å². The van der Waals surface area contributed by atoms with E-state index in [1.807, 2.05) is 0 Å². The van der Waals surface area contributed by atoms with Gasteiger partial charge in [0, 0.05) is 0 Å². The molecular weight excluding hydrogens is 268 g/mol. The van der Waals surface area contributed by atoms with E-state index in [0.717, 1.165) is 0 Å². The third-order valence-electron chi connectivity index (χ3n) is 0.548. The molecule has 0 amide bonds. The van der Waals surface area contributed by atoms with Crippen molar-refractivity contribution in [3.63, 3.8) is 0 Å². The van der Waals surface area contributed by atoms with Gasteiger partial charge in [0.05, 0.1) is 0 Å². The van der Waals surface area contributed by atoms with Crippen LogP contribution in [0, 0.1) is 0 Å². The summed E-state index contributed by atoms with van der Waals surface area (Å²) in [6.45, 7) is 0. The van der Waals surface area contributed by atoms with E-state index in [9.17, 15) is 38.9 Å². The highest BCUT2D eigenvalue weighted by molar-refractivity contribution is 8.12. The molecule has 0 spiro atoms. The molecule has 0 aromatic heterocycles. The zero-order valence-corrected chi connectivity index (χ0v) is 8.80. The van der Waals surface area contributed by atoms with Crippen molar-refractivity contribution in [2.75, 3.05) is 0 Å². The summed E-state index contributed by atoms with van der Waals surface area (Å²) in [7, 11) is -18.6. The summed E-state index contributed by atoms with van der Waals surface area (Å²) in [6, 6.07) is 0. The van der Waals surface area contributed by atoms with Crippen LogP contribution in [-0.2, 0) is 30.9 Å². The van der Waals surface area contributed by atoms with Gasteiger partial charge in [0.1, 0.15) is 0 Å². The molecule has 0 unspecified atom stereocenters. The van der Waals surface area contributed by atoms with Crippen molar-refractivity contribution in [2.45, 2.75) is 0 Å². The Morgan fingerprint density at radius 3 is 0.786 bits per heavy atom. The van der Waals surface area contributed by atoms with Crippen molar-refractivity contribution in [3.05, 3.63) is 0 Å². The molecule has 88 valence electrons. The monoisotopic (exact) mass is 272 g/mol. The first-order valence-corrected chi connectivity index (χ1v) is 6.14. The van der Waals surface area contributed by atoms with Crippen LogP contribution in [0.2, 0.25) is 0 Å². The Kier molecular flexibility index (Phi) is 4.63. The average molecular weight is 272 g/mol. The minimum atomic E-state index is -6.20. The Balaban J connectivity index is 0. The first kappa shape index (κ1) is 16.1. The van der Waals surface area contributed by atoms with Gasteiger partial charge in [-0.2, -0.15) is 0 Å². The molecule has 4 N–H and O–H groups in total. The highest BCUT2D eigenvalue weighted by Gasteiger charge is 2.26. The van der Waals surface area contributed by atoms with Crippen LogP contribution in [0.5, 0.6) is 0 Å². The summed E-state index contributed by atoms with van der Waals surface area (Å²) < 4.78 is 86.3. The maximum atomic E-state index is 9.84. The normalized spacial score (nSPS) is 13.7. The summed E-state index contributed by atoms with van der Waals surface area (Å²) >= 11 is 0. The lowest BCUT2D eigenvalue weighted by Gasteiger charge is -2.27. The molecule has 14 heavy (non-hydrogen) atoms. The highest BCUT2D eigenvalue weighted by atomic mass is 32.4. The molecule has 11 nitrogen and oxygen atoms in total. The lowest BCUT2D eigenvalue weighted by atomic mass is 13.8. The van der Waals surface area contributed by atoms with Crippen molar-refractivity contribution >= 4 is 30.9 Å². The topological polar surface area (TPSA) is 211 Å². The van der Waals surface area contributed by atoms with Crippen LogP contribution < -0.4 is 6.15 Å². The Morgan fingerprint density at radius 2 is 0.786 bits per heavy atom. The van der Waals surface area contributed by atoms with Gasteiger partial charge in [-0.15, -0.1) is 0 Å². The van der Waals surface area contributed by atoms with Gasteiger partial charge in [-0.3, -0.25) is 0 Å². The van der Waals surface area contributed by atoms with Crippen LogP contribution in [-0.4, -0.2) is 42.0 Å². The average Bonchev–Trinajstić information content (AvgIpc) is 1.44. The van der Waals surface area contributed by atoms with Crippen LogP contribution in [0.4, 0.5) is 0 Å². The second-order valence-corrected chi connectivity index (χ2v) is 5.86. The Bertz CT molecular complexity index is 400. The third-order valence-corrected chi connectivity index (χ3v) is 4.93. The molecule has 0 fully saturated rings. The lowest BCUT2D eigenvalue weighted by molar-refractivity contribution is 0.380. The fourth-order valence-electron chi connectivity index (χ4n) is 0.335. The molecule has 0 aromatic carbocycles. The van der Waals surface area contributed by atoms with Gasteiger partial charge in [0.25, 0.3) is 0 Å². The fourth-order valence-corrected chi connectivity index (χ4v) is 3.02. The fraction of sp³-hybridized carbons (Fsp3) is 0. The van der Waals surface area contributed by atoms with Crippen LogP contribution in [0.3, 0.4) is 0 Å². The molecule has 0 aliphatic rings. The van der Waals surface area contributed by atoms with Gasteiger partial charge in [-0.05, 0) is 3.12 Å². The van der Waals surface area contributed by atoms with Gasteiger partial charge in [-0.1, -0.05) is 0 Å². The van der Waals surface area contributed by atoms with Crippen molar-refractivity contribution in [3.8, 4) is 0 Å². The maximum absolute atomic E-state index is 9.84. The van der Waals surface area contributed by atoms with Crippen molar-refractivity contribution < 1.29 is 38.9 Å². The van der Waals surface area contributed by atoms with E-state index < -0.39 is 34.0 Å². The van der Waals surface area contributed by atoms with E-state index in [1.165, 1.54) is 0 Å². The summed E-state index contributed by atoms with van der Waals surface area (Å²) in [6.07, 6.45) is 0. The Hall–Kier alpha value is -0.350. The van der Waals surface area contributed by atoms with Crippen molar-refractivity contribution in [1.82, 2.24) is 9.27 Å². The van der Waals surface area contributed by atoms with Crippen LogP contribution in [0.15, 0.2) is 0 Å². The molecule has 0 saturated heterocycles. The minimum Gasteiger partial charge on any atom is -0.734 e. The van der Waals surface area contributed by atoms with Crippen molar-refractivity contribution in [2.24, 2.45) is 0 Å². The first-order chi connectivity index (χ1) is 5.37. The van der Waals surface area contributed by atoms with Gasteiger partial charge in [0.2, 0.25) is 0 Å². The van der Waals surface area contributed by atoms with E-state index in [-0.39, 0.29) is 6.15 Å². The predicted molar refractivity (Wildman–Crippen MR) is 36.9 cm³/mol. The second-order valence-electron chi connectivity index (χ2n) is 1.51. The third kappa shape index (κ3) is 4.24. The maximum Gasteiger partial charge on any atom is 0.187 e. The molecule has 0 aromatic rings. The molecule has 0 aliphatic heterocycles. The molecule has 0 aliphatic carbocycles. The number of hydrogen-bond donors (Lipinski definition) is 1. The zero-order valence-electron chi connectivity index (χ0n) is 6.35. The van der Waals surface area contributed by atoms with E-state index >= 15 is 0 Å². The number of quaternary nitrogens is 1. The van der Waals surface area contributed by atoms with E-state index in [0.29, 0.717) is 0 Å². The summed E-state index contributed by atoms with van der Waals surface area (Å²) in [4.78, 5) is 0. The molecular formula is H4N2O9S3-2. The molecule has 0 rings (SSSR count). The molecule has 14 heteroatoms. The summed E-state index contributed by atoms with van der Waals surface area (Å²) in [5, 5.41) is 0. The second kappa shape index (κ2) is 4.03. The zero-order chi connectivity index (χ0) is 11.1. The highest BCUT2D eigenvalue weighted by Crippen LogP contribution is 2.08. The predicted octanol–water partition coefficient (Wildman–Crippen LogP) is -2.95. The van der Waals surface area contributed by atoms with E-state index in [4.69, 9.17) is 0 Å². The quantitative estimate of drug-likeness (QED) is 0.519. The molecule has 0 heterocycles. The molecule has 0 atom stereocenters. The Morgan fingerprint density at radius 1 is 0.643 bits per heavy atom. The largest absolute Gasteiger partial charge is 0.734 e. The van der Waals surface area contributed by atoms with Crippen LogP contribution in [0.25, 0.3) is 0 Å². The van der Waals surface area contributed by atoms with Gasteiger partial charge >= 0.3 is 0 Å². The summed E-state index contributed by atoms with van der Waals surface area (Å²) in [5.74, 6) is 0. The Labute approximate surface area is 79.6 Å². The smallest absolute Gasteiger partial charge is 0.187 e. The number of hydrogen-bond acceptors (Lipinski definition) is 9. The number of rotatable bonds is 3. The standard InChI is InChI=1S/H3NO9S3.H3N/c2-11(3,4)1(12(5,6)7)13(8,9)10;/h(H,2,3,4)(H,5,6,7)(H,8,9,10);1H3/p-2. The van der Waals surface area contributed by atoms with Gasteiger partial charge in [0.15, 0.2) is 30.9 Å². The minimum absolute atomic E-state index is 0. The van der Waals surface area contributed by atoms with E-state index in [1.54, 1.807) is 0 Å². The van der Waals surface area contributed by atoms with Crippen LogP contribution in [0.1, 0.15) is 0 Å². The molecule has 0 saturated carbocycles. The summed E-state index contributed by atoms with van der Waals surface area (Å²) in [5.41, 5.74) is 0. The molecule has 0 bridgehead atoms. The van der Waals surface area contributed by atoms with Gasteiger partial charge in [-0.25, -0.2) is 25.3 Å². The SMILES string of the molecule is O=S(=O)([O-])N(S(=O)(=O)[O-])S(=O)(=O)[O-].[NH4+]. The van der Waals surface area contributed by atoms with Crippen LogP contribution >= 0.6 is 0 Å². The van der Waals surface area contributed by atoms with Gasteiger partial charge < -0.3 is 19.8 Å². The number of nitrogens with zero attached hydrogens (tertiary/aromatic N) is 1. The van der Waals surface area contributed by atoms with E-state index in [2.05, 4.69) is 0 Å². The lowest BCUT2D eigenvalue weighted by Crippen LogP contribution is -2.40.